The lowest BCUT2D eigenvalue weighted by Crippen LogP contribution is -2.16. The van der Waals surface area contributed by atoms with Crippen molar-refractivity contribution in [2.45, 2.75) is 72.4 Å². The van der Waals surface area contributed by atoms with Gasteiger partial charge in [0.25, 0.3) is 0 Å². The standard InChI is InChI=1S/C22H31N3O2/c1-15(2)14-25-17(4)21(16(3)24-25)13-22(26)23-18-9-11-20(12-10-18)27-19-7-5-6-8-19/h9-12,15,19H,5-8,13-14H2,1-4H3,(H,23,26). The van der Waals surface area contributed by atoms with E-state index in [9.17, 15) is 4.79 Å². The molecule has 146 valence electrons. The van der Waals surface area contributed by atoms with Crippen molar-refractivity contribution in [2.24, 2.45) is 5.92 Å². The number of carbonyl (C=O) groups excluding carboxylic acids is 1. The second-order valence-corrected chi connectivity index (χ2v) is 8.00. The van der Waals surface area contributed by atoms with Gasteiger partial charge in [0.05, 0.1) is 18.2 Å². The van der Waals surface area contributed by atoms with Gasteiger partial charge in [0.2, 0.25) is 5.91 Å². The van der Waals surface area contributed by atoms with Gasteiger partial charge in [-0.15, -0.1) is 0 Å². The Balaban J connectivity index is 1.58. The Hall–Kier alpha value is -2.30. The molecule has 0 atom stereocenters. The monoisotopic (exact) mass is 369 g/mol. The van der Waals surface area contributed by atoms with E-state index in [0.29, 0.717) is 18.4 Å². The van der Waals surface area contributed by atoms with Crippen LogP contribution < -0.4 is 10.1 Å². The van der Waals surface area contributed by atoms with E-state index in [1.807, 2.05) is 42.8 Å². The van der Waals surface area contributed by atoms with Gasteiger partial charge in [-0.1, -0.05) is 13.8 Å². The zero-order chi connectivity index (χ0) is 19.4. The molecule has 1 saturated carbocycles. The van der Waals surface area contributed by atoms with Crippen LogP contribution in [0.1, 0.15) is 56.5 Å². The third kappa shape index (κ3) is 5.12. The highest BCUT2D eigenvalue weighted by Gasteiger charge is 2.17. The number of rotatable bonds is 7. The van der Waals surface area contributed by atoms with Crippen molar-refractivity contribution in [3.8, 4) is 5.75 Å². The number of anilines is 1. The van der Waals surface area contributed by atoms with Crippen LogP contribution >= 0.6 is 0 Å². The van der Waals surface area contributed by atoms with E-state index in [4.69, 9.17) is 4.74 Å². The van der Waals surface area contributed by atoms with Crippen molar-refractivity contribution in [3.63, 3.8) is 0 Å². The second kappa shape index (κ2) is 8.59. The van der Waals surface area contributed by atoms with E-state index in [1.165, 1.54) is 12.8 Å². The maximum atomic E-state index is 12.5. The third-order valence-electron chi connectivity index (χ3n) is 5.15. The van der Waals surface area contributed by atoms with Gasteiger partial charge in [-0.25, -0.2) is 0 Å². The maximum absolute atomic E-state index is 12.5. The first-order chi connectivity index (χ1) is 12.9. The molecule has 0 unspecified atom stereocenters. The highest BCUT2D eigenvalue weighted by molar-refractivity contribution is 5.92. The molecule has 1 aliphatic carbocycles. The van der Waals surface area contributed by atoms with Gasteiger partial charge < -0.3 is 10.1 Å². The Kier molecular flexibility index (Phi) is 6.19. The molecule has 0 bridgehead atoms. The number of aryl methyl sites for hydroxylation is 1. The van der Waals surface area contributed by atoms with Crippen molar-refractivity contribution in [3.05, 3.63) is 41.2 Å². The summed E-state index contributed by atoms with van der Waals surface area (Å²) in [6, 6.07) is 7.68. The summed E-state index contributed by atoms with van der Waals surface area (Å²) in [6.07, 6.45) is 5.48. The Bertz CT molecular complexity index is 772. The lowest BCUT2D eigenvalue weighted by atomic mass is 10.1. The number of ether oxygens (including phenoxy) is 1. The normalized spacial score (nSPS) is 14.7. The van der Waals surface area contributed by atoms with Crippen LogP contribution in [-0.2, 0) is 17.8 Å². The number of hydrogen-bond donors (Lipinski definition) is 1. The van der Waals surface area contributed by atoms with Crippen molar-refractivity contribution >= 4 is 11.6 Å². The molecule has 5 heteroatoms. The molecule has 1 N–H and O–H groups in total. The van der Waals surface area contributed by atoms with Crippen molar-refractivity contribution in [2.75, 3.05) is 5.32 Å². The number of benzene rings is 1. The van der Waals surface area contributed by atoms with Crippen LogP contribution in [-0.4, -0.2) is 21.8 Å². The minimum absolute atomic E-state index is 0.0187. The highest BCUT2D eigenvalue weighted by atomic mass is 16.5. The van der Waals surface area contributed by atoms with Crippen molar-refractivity contribution in [1.29, 1.82) is 0 Å². The van der Waals surface area contributed by atoms with Gasteiger partial charge in [0.1, 0.15) is 5.75 Å². The summed E-state index contributed by atoms with van der Waals surface area (Å²) in [7, 11) is 0. The summed E-state index contributed by atoms with van der Waals surface area (Å²) < 4.78 is 7.98. The zero-order valence-electron chi connectivity index (χ0n) is 16.9. The van der Waals surface area contributed by atoms with Gasteiger partial charge in [-0.3, -0.25) is 9.48 Å². The summed E-state index contributed by atoms with van der Waals surface area (Å²) in [4.78, 5) is 12.5. The number of nitrogens with one attached hydrogen (secondary N) is 1. The van der Waals surface area contributed by atoms with E-state index in [-0.39, 0.29) is 5.91 Å². The lowest BCUT2D eigenvalue weighted by molar-refractivity contribution is -0.115. The molecule has 1 aromatic carbocycles. The molecule has 3 rings (SSSR count). The molecule has 2 aromatic rings. The van der Waals surface area contributed by atoms with Crippen LogP contribution in [0.2, 0.25) is 0 Å². The maximum Gasteiger partial charge on any atom is 0.228 e. The molecule has 1 fully saturated rings. The molecule has 1 amide bonds. The summed E-state index contributed by atoms with van der Waals surface area (Å²) in [5.74, 6) is 1.38. The van der Waals surface area contributed by atoms with Gasteiger partial charge >= 0.3 is 0 Å². The van der Waals surface area contributed by atoms with Gasteiger partial charge in [0.15, 0.2) is 0 Å². The van der Waals surface area contributed by atoms with Crippen molar-refractivity contribution in [1.82, 2.24) is 9.78 Å². The van der Waals surface area contributed by atoms with E-state index >= 15 is 0 Å². The molecular formula is C22H31N3O2. The Labute approximate surface area is 162 Å². The Morgan fingerprint density at radius 3 is 2.52 bits per heavy atom. The lowest BCUT2D eigenvalue weighted by Gasteiger charge is -2.13. The third-order valence-corrected chi connectivity index (χ3v) is 5.15. The van der Waals surface area contributed by atoms with Crippen LogP contribution in [0.15, 0.2) is 24.3 Å². The van der Waals surface area contributed by atoms with E-state index in [1.54, 1.807) is 0 Å². The van der Waals surface area contributed by atoms with E-state index < -0.39 is 0 Å². The second-order valence-electron chi connectivity index (χ2n) is 8.00. The predicted octanol–water partition coefficient (Wildman–Crippen LogP) is 4.66. The van der Waals surface area contributed by atoms with E-state index in [2.05, 4.69) is 24.3 Å². The average molecular weight is 370 g/mol. The van der Waals surface area contributed by atoms with Crippen LogP contribution in [0.3, 0.4) is 0 Å². The van der Waals surface area contributed by atoms with Gasteiger partial charge in [-0.05, 0) is 69.7 Å². The molecular weight excluding hydrogens is 338 g/mol. The fourth-order valence-corrected chi connectivity index (χ4v) is 3.69. The number of carbonyl (C=O) groups is 1. The van der Waals surface area contributed by atoms with Crippen LogP contribution in [0, 0.1) is 19.8 Å². The Morgan fingerprint density at radius 1 is 1.22 bits per heavy atom. The largest absolute Gasteiger partial charge is 0.490 e. The van der Waals surface area contributed by atoms with Gasteiger partial charge in [-0.2, -0.15) is 5.10 Å². The SMILES string of the molecule is Cc1nn(CC(C)C)c(C)c1CC(=O)Nc1ccc(OC2CCCC2)cc1. The van der Waals surface area contributed by atoms with Crippen LogP contribution in [0.5, 0.6) is 5.75 Å². The molecule has 1 aliphatic rings. The number of nitrogens with zero attached hydrogens (tertiary/aromatic N) is 2. The first-order valence-electron chi connectivity index (χ1n) is 10.0. The smallest absolute Gasteiger partial charge is 0.228 e. The molecule has 0 spiro atoms. The van der Waals surface area contributed by atoms with Crippen LogP contribution in [0.4, 0.5) is 5.69 Å². The van der Waals surface area contributed by atoms with E-state index in [0.717, 1.165) is 47.8 Å². The Morgan fingerprint density at radius 2 is 1.89 bits per heavy atom. The number of hydrogen-bond acceptors (Lipinski definition) is 3. The molecule has 0 saturated heterocycles. The number of aromatic nitrogens is 2. The predicted molar refractivity (Wildman–Crippen MR) is 108 cm³/mol. The molecule has 5 nitrogen and oxygen atoms in total. The minimum Gasteiger partial charge on any atom is -0.490 e. The summed E-state index contributed by atoms with van der Waals surface area (Å²) in [5.41, 5.74) is 3.83. The van der Waals surface area contributed by atoms with Crippen LogP contribution in [0.25, 0.3) is 0 Å². The first-order valence-corrected chi connectivity index (χ1v) is 10.0. The minimum atomic E-state index is -0.0187. The topological polar surface area (TPSA) is 56.2 Å². The average Bonchev–Trinajstić information content (AvgIpc) is 3.20. The molecule has 27 heavy (non-hydrogen) atoms. The molecule has 0 radical (unpaired) electrons. The summed E-state index contributed by atoms with van der Waals surface area (Å²) in [5, 5.41) is 7.58. The number of amides is 1. The molecule has 1 heterocycles. The summed E-state index contributed by atoms with van der Waals surface area (Å²) in [6.45, 7) is 9.23. The summed E-state index contributed by atoms with van der Waals surface area (Å²) >= 11 is 0. The zero-order valence-corrected chi connectivity index (χ0v) is 16.9. The molecule has 1 aromatic heterocycles. The quantitative estimate of drug-likeness (QED) is 0.772. The molecule has 0 aliphatic heterocycles. The highest BCUT2D eigenvalue weighted by Crippen LogP contribution is 2.25. The van der Waals surface area contributed by atoms with Gasteiger partial charge in [0, 0.05) is 23.5 Å². The van der Waals surface area contributed by atoms with Crippen molar-refractivity contribution < 1.29 is 9.53 Å². The fourth-order valence-electron chi connectivity index (χ4n) is 3.69. The fraction of sp³-hybridized carbons (Fsp3) is 0.545. The first kappa shape index (κ1) is 19.5.